The summed E-state index contributed by atoms with van der Waals surface area (Å²) in [6.07, 6.45) is 1.23. The highest BCUT2D eigenvalue weighted by Crippen LogP contribution is 2.13. The number of likely N-dealkylation sites (tertiary alicyclic amines) is 1. The van der Waals surface area contributed by atoms with Gasteiger partial charge in [0.2, 0.25) is 0 Å². The third-order valence-electron chi connectivity index (χ3n) is 2.90. The van der Waals surface area contributed by atoms with Crippen LogP contribution >= 0.6 is 0 Å². The van der Waals surface area contributed by atoms with Crippen LogP contribution in [-0.4, -0.2) is 35.2 Å². The number of rotatable bonds is 4. The van der Waals surface area contributed by atoms with Gasteiger partial charge in [0.15, 0.2) is 0 Å². The van der Waals surface area contributed by atoms with E-state index in [0.29, 0.717) is 12.1 Å². The molecule has 1 aromatic rings. The second-order valence-corrected chi connectivity index (χ2v) is 4.97. The molecule has 0 amide bonds. The van der Waals surface area contributed by atoms with E-state index < -0.39 is 0 Å². The van der Waals surface area contributed by atoms with E-state index in [1.54, 1.807) is 0 Å². The Kier molecular flexibility index (Phi) is 3.61. The molecule has 1 saturated heterocycles. The van der Waals surface area contributed by atoms with E-state index >= 15 is 0 Å². The highest BCUT2D eigenvalue weighted by atomic mass is 16.5. The minimum absolute atomic E-state index is 0.569. The molecule has 1 aromatic heterocycles. The second-order valence-electron chi connectivity index (χ2n) is 4.97. The first-order valence-corrected chi connectivity index (χ1v) is 6.04. The summed E-state index contributed by atoms with van der Waals surface area (Å²) >= 11 is 0. The molecule has 1 aliphatic heterocycles. The average Bonchev–Trinajstić information content (AvgIpc) is 2.76. The van der Waals surface area contributed by atoms with Gasteiger partial charge < -0.3 is 9.84 Å². The maximum absolute atomic E-state index is 5.07. The van der Waals surface area contributed by atoms with Crippen LogP contribution in [0.4, 0.5) is 0 Å². The second kappa shape index (κ2) is 4.97. The molecule has 4 nitrogen and oxygen atoms in total. The molecule has 0 aliphatic carbocycles. The van der Waals surface area contributed by atoms with Gasteiger partial charge in [0.25, 0.3) is 0 Å². The molecule has 90 valence electrons. The van der Waals surface area contributed by atoms with Crippen LogP contribution in [0.15, 0.2) is 10.6 Å². The minimum Gasteiger partial charge on any atom is -0.361 e. The van der Waals surface area contributed by atoms with Gasteiger partial charge in [-0.2, -0.15) is 0 Å². The summed E-state index contributed by atoms with van der Waals surface area (Å²) in [6, 6.07) is 3.22. The highest BCUT2D eigenvalue weighted by Gasteiger charge is 2.23. The Morgan fingerprint density at radius 1 is 1.62 bits per heavy atom. The van der Waals surface area contributed by atoms with Crippen molar-refractivity contribution in [2.24, 2.45) is 0 Å². The van der Waals surface area contributed by atoms with Gasteiger partial charge in [-0.3, -0.25) is 4.90 Å². The van der Waals surface area contributed by atoms with Crippen LogP contribution in [0.2, 0.25) is 0 Å². The van der Waals surface area contributed by atoms with E-state index in [-0.39, 0.29) is 0 Å². The molecule has 1 unspecified atom stereocenters. The molecule has 0 radical (unpaired) electrons. The zero-order valence-corrected chi connectivity index (χ0v) is 10.4. The fraction of sp³-hybridized carbons (Fsp3) is 0.750. The van der Waals surface area contributed by atoms with Crippen LogP contribution in [0.1, 0.15) is 31.7 Å². The molecule has 1 atom stereocenters. The topological polar surface area (TPSA) is 41.3 Å². The SMILES string of the molecule is Cc1cc(CN2CCC(NC(C)C)C2)no1. The predicted molar refractivity (Wildman–Crippen MR) is 63.2 cm³/mol. The molecule has 1 aliphatic rings. The van der Waals surface area contributed by atoms with Gasteiger partial charge in [0, 0.05) is 37.8 Å². The van der Waals surface area contributed by atoms with E-state index in [2.05, 4.69) is 29.2 Å². The Balaban J connectivity index is 1.80. The van der Waals surface area contributed by atoms with Crippen molar-refractivity contribution in [3.63, 3.8) is 0 Å². The summed E-state index contributed by atoms with van der Waals surface area (Å²) in [7, 11) is 0. The summed E-state index contributed by atoms with van der Waals surface area (Å²) in [5.41, 5.74) is 1.04. The van der Waals surface area contributed by atoms with Crippen molar-refractivity contribution in [1.29, 1.82) is 0 Å². The molecule has 1 fully saturated rings. The Bertz CT molecular complexity index is 335. The molecule has 2 heterocycles. The van der Waals surface area contributed by atoms with Crippen molar-refractivity contribution < 1.29 is 4.52 Å². The third-order valence-corrected chi connectivity index (χ3v) is 2.90. The Labute approximate surface area is 97.0 Å². The molecule has 0 saturated carbocycles. The molecular weight excluding hydrogens is 202 g/mol. The summed E-state index contributed by atoms with van der Waals surface area (Å²) in [5.74, 6) is 0.894. The van der Waals surface area contributed by atoms with Crippen molar-refractivity contribution in [2.75, 3.05) is 13.1 Å². The molecule has 1 N–H and O–H groups in total. The van der Waals surface area contributed by atoms with Crippen LogP contribution in [-0.2, 0) is 6.54 Å². The summed E-state index contributed by atoms with van der Waals surface area (Å²) in [5, 5.41) is 7.61. The van der Waals surface area contributed by atoms with Crippen LogP contribution in [0, 0.1) is 6.92 Å². The van der Waals surface area contributed by atoms with E-state index in [9.17, 15) is 0 Å². The van der Waals surface area contributed by atoms with Crippen molar-refractivity contribution >= 4 is 0 Å². The van der Waals surface area contributed by atoms with Crippen LogP contribution in [0.3, 0.4) is 0 Å². The lowest BCUT2D eigenvalue weighted by Gasteiger charge is -2.17. The molecule has 0 spiro atoms. The quantitative estimate of drug-likeness (QED) is 0.841. The van der Waals surface area contributed by atoms with Gasteiger partial charge in [0.1, 0.15) is 5.76 Å². The van der Waals surface area contributed by atoms with Crippen molar-refractivity contribution in [3.8, 4) is 0 Å². The molecule has 2 rings (SSSR count). The van der Waals surface area contributed by atoms with Gasteiger partial charge in [0.05, 0.1) is 5.69 Å². The predicted octanol–water partition coefficient (Wildman–Crippen LogP) is 1.56. The van der Waals surface area contributed by atoms with Crippen LogP contribution in [0.25, 0.3) is 0 Å². The van der Waals surface area contributed by atoms with E-state index in [1.165, 1.54) is 6.42 Å². The standard InChI is InChI=1S/C12H21N3O/c1-9(2)13-11-4-5-15(7-11)8-12-6-10(3)16-14-12/h6,9,11,13H,4-5,7-8H2,1-3H3. The van der Waals surface area contributed by atoms with Gasteiger partial charge in [-0.15, -0.1) is 0 Å². The van der Waals surface area contributed by atoms with Gasteiger partial charge in [-0.1, -0.05) is 19.0 Å². The largest absolute Gasteiger partial charge is 0.361 e. The lowest BCUT2D eigenvalue weighted by Crippen LogP contribution is -2.36. The maximum Gasteiger partial charge on any atom is 0.133 e. The number of nitrogens with zero attached hydrogens (tertiary/aromatic N) is 2. The zero-order valence-electron chi connectivity index (χ0n) is 10.4. The summed E-state index contributed by atoms with van der Waals surface area (Å²) < 4.78 is 5.07. The zero-order chi connectivity index (χ0) is 11.5. The van der Waals surface area contributed by atoms with Crippen molar-refractivity contribution in [2.45, 2.75) is 45.8 Å². The van der Waals surface area contributed by atoms with Crippen molar-refractivity contribution in [3.05, 3.63) is 17.5 Å². The van der Waals surface area contributed by atoms with Crippen LogP contribution < -0.4 is 5.32 Å². The van der Waals surface area contributed by atoms with Crippen LogP contribution in [0.5, 0.6) is 0 Å². The number of hydrogen-bond donors (Lipinski definition) is 1. The molecule has 0 aromatic carbocycles. The first kappa shape index (κ1) is 11.6. The molecule has 4 heteroatoms. The monoisotopic (exact) mass is 223 g/mol. The fourth-order valence-corrected chi connectivity index (χ4v) is 2.31. The lowest BCUT2D eigenvalue weighted by atomic mass is 10.2. The Morgan fingerprint density at radius 2 is 2.44 bits per heavy atom. The number of hydrogen-bond acceptors (Lipinski definition) is 4. The lowest BCUT2D eigenvalue weighted by molar-refractivity contribution is 0.301. The number of nitrogens with one attached hydrogen (secondary N) is 1. The van der Waals surface area contributed by atoms with E-state index in [1.807, 2.05) is 13.0 Å². The normalized spacial score (nSPS) is 22.1. The molecule has 16 heavy (non-hydrogen) atoms. The Hall–Kier alpha value is -0.870. The first-order chi connectivity index (χ1) is 7.63. The van der Waals surface area contributed by atoms with Gasteiger partial charge >= 0.3 is 0 Å². The smallest absolute Gasteiger partial charge is 0.133 e. The minimum atomic E-state index is 0.569. The van der Waals surface area contributed by atoms with Gasteiger partial charge in [-0.25, -0.2) is 0 Å². The highest BCUT2D eigenvalue weighted by molar-refractivity contribution is 5.03. The molecular formula is C12H21N3O. The number of aromatic nitrogens is 1. The van der Waals surface area contributed by atoms with Gasteiger partial charge in [-0.05, 0) is 13.3 Å². The third kappa shape index (κ3) is 3.06. The average molecular weight is 223 g/mol. The van der Waals surface area contributed by atoms with E-state index in [0.717, 1.165) is 31.1 Å². The fourth-order valence-electron chi connectivity index (χ4n) is 2.31. The number of aryl methyl sites for hydroxylation is 1. The summed E-state index contributed by atoms with van der Waals surface area (Å²) in [6.45, 7) is 9.50. The van der Waals surface area contributed by atoms with Crippen molar-refractivity contribution in [1.82, 2.24) is 15.4 Å². The maximum atomic E-state index is 5.07. The molecule has 0 bridgehead atoms. The Morgan fingerprint density at radius 3 is 3.06 bits per heavy atom. The first-order valence-electron chi connectivity index (χ1n) is 6.04. The summed E-state index contributed by atoms with van der Waals surface area (Å²) in [4.78, 5) is 2.43. The van der Waals surface area contributed by atoms with E-state index in [4.69, 9.17) is 4.52 Å².